The van der Waals surface area contributed by atoms with Gasteiger partial charge >= 0.3 is 0 Å². The van der Waals surface area contributed by atoms with E-state index < -0.39 is 16.1 Å². The van der Waals surface area contributed by atoms with Gasteiger partial charge in [-0.15, -0.1) is 0 Å². The van der Waals surface area contributed by atoms with Crippen molar-refractivity contribution in [1.29, 1.82) is 0 Å². The fraction of sp³-hybridized carbons (Fsp3) is 0.152. The van der Waals surface area contributed by atoms with Crippen LogP contribution in [0.5, 0.6) is 11.5 Å². The molecule has 0 spiro atoms. The van der Waals surface area contributed by atoms with Crippen molar-refractivity contribution in [3.05, 3.63) is 113 Å². The summed E-state index contributed by atoms with van der Waals surface area (Å²) >= 11 is 0. The normalized spacial score (nSPS) is 12.1. The third-order valence-corrected chi connectivity index (χ3v) is 9.03. The van der Waals surface area contributed by atoms with Crippen molar-refractivity contribution in [2.75, 3.05) is 30.0 Å². The molecule has 0 amide bonds. The topological polar surface area (TPSA) is 168 Å². The first-order valence-electron chi connectivity index (χ1n) is 14.5. The summed E-state index contributed by atoms with van der Waals surface area (Å²) in [6, 6.07) is 21.7. The Labute approximate surface area is 270 Å². The number of ether oxygens (including phenoxy) is 2. The van der Waals surface area contributed by atoms with Gasteiger partial charge in [-0.05, 0) is 67.4 Å². The van der Waals surface area contributed by atoms with Crippen LogP contribution in [-0.2, 0) is 10.0 Å². The van der Waals surface area contributed by atoms with Gasteiger partial charge in [0.05, 0.1) is 31.5 Å². The number of sulfonamides is 1. The van der Waals surface area contributed by atoms with E-state index >= 15 is 0 Å². The van der Waals surface area contributed by atoms with Crippen molar-refractivity contribution in [3.8, 4) is 28.3 Å². The van der Waals surface area contributed by atoms with Gasteiger partial charge in [0.15, 0.2) is 5.82 Å². The molecule has 14 heteroatoms. The summed E-state index contributed by atoms with van der Waals surface area (Å²) in [5, 5.41) is 8.17. The maximum Gasteiger partial charge on any atom is 0.282 e. The zero-order valence-electron chi connectivity index (χ0n) is 26.0. The highest BCUT2D eigenvalue weighted by Crippen LogP contribution is 2.35. The van der Waals surface area contributed by atoms with Crippen molar-refractivity contribution in [2.45, 2.75) is 24.8 Å². The number of fused-ring (bicyclic) bond motifs is 1. The first-order valence-corrected chi connectivity index (χ1v) is 16.0. The first kappa shape index (κ1) is 31.1. The number of nitrogens with one attached hydrogen (secondary N) is 2. The molecular weight excluding hydrogens is 620 g/mol. The van der Waals surface area contributed by atoms with E-state index in [1.807, 2.05) is 50.2 Å². The number of hydrogen-bond donors (Lipinski definition) is 3. The molecule has 6 rings (SSSR count). The van der Waals surface area contributed by atoms with Crippen LogP contribution in [0.15, 0.2) is 101 Å². The largest absolute Gasteiger partial charge is 0.497 e. The maximum absolute atomic E-state index is 13.8. The van der Waals surface area contributed by atoms with Crippen LogP contribution in [-0.4, -0.2) is 46.8 Å². The summed E-state index contributed by atoms with van der Waals surface area (Å²) in [5.41, 5.74) is 9.38. The second-order valence-corrected chi connectivity index (χ2v) is 12.3. The number of aromatic nitrogens is 5. The summed E-state index contributed by atoms with van der Waals surface area (Å²) in [6.07, 6.45) is 3.08. The van der Waals surface area contributed by atoms with Gasteiger partial charge < -0.3 is 20.5 Å². The lowest BCUT2D eigenvalue weighted by molar-refractivity contribution is 0.386. The van der Waals surface area contributed by atoms with E-state index in [0.29, 0.717) is 39.7 Å². The third kappa shape index (κ3) is 5.93. The molecule has 0 saturated heterocycles. The minimum atomic E-state index is -4.06. The number of aryl methyl sites for hydroxylation is 1. The number of nitrogens with two attached hydrogens (primary N) is 1. The van der Waals surface area contributed by atoms with Gasteiger partial charge in [-0.1, -0.05) is 30.3 Å². The zero-order chi connectivity index (χ0) is 33.3. The van der Waals surface area contributed by atoms with Crippen molar-refractivity contribution in [1.82, 2.24) is 24.1 Å². The number of benzene rings is 3. The van der Waals surface area contributed by atoms with E-state index in [4.69, 9.17) is 20.3 Å². The molecule has 6 aromatic rings. The van der Waals surface area contributed by atoms with Crippen LogP contribution in [0, 0.1) is 6.92 Å². The summed E-state index contributed by atoms with van der Waals surface area (Å²) in [5.74, 6) is 1.54. The quantitative estimate of drug-likeness (QED) is 0.187. The molecule has 0 fully saturated rings. The highest BCUT2D eigenvalue weighted by Gasteiger charge is 2.24. The molecule has 0 radical (unpaired) electrons. The van der Waals surface area contributed by atoms with Crippen molar-refractivity contribution in [3.63, 3.8) is 0 Å². The second-order valence-electron chi connectivity index (χ2n) is 10.7. The lowest BCUT2D eigenvalue weighted by atomic mass is 10.1. The van der Waals surface area contributed by atoms with Gasteiger partial charge in [0, 0.05) is 18.0 Å². The standard InChI is InChI=1S/C33H32N8O5S/c1-20-15-16-40-29(20)33(42)41(24-11-6-5-7-12-24)32(38-40)21(2)37-31-28(30(34)35-19-36-31)22-9-8-10-23(17-22)39-47(43,44)27-14-13-25(45-3)18-26(27)46-4/h5-19,21,39H,1-4H3,(H3,34,35,36,37). The summed E-state index contributed by atoms with van der Waals surface area (Å²) < 4.78 is 43.1. The molecule has 3 heterocycles. The van der Waals surface area contributed by atoms with Gasteiger partial charge in [0.1, 0.15) is 39.9 Å². The van der Waals surface area contributed by atoms with Crippen molar-refractivity contribution in [2.24, 2.45) is 0 Å². The number of nitrogen functional groups attached to an aromatic ring is 1. The number of rotatable bonds is 10. The van der Waals surface area contributed by atoms with Crippen molar-refractivity contribution < 1.29 is 17.9 Å². The minimum Gasteiger partial charge on any atom is -0.497 e. The van der Waals surface area contributed by atoms with Gasteiger partial charge in [-0.3, -0.25) is 14.1 Å². The maximum atomic E-state index is 13.8. The molecule has 3 aromatic heterocycles. The molecule has 4 N–H and O–H groups in total. The number of hydrogen-bond acceptors (Lipinski definition) is 10. The van der Waals surface area contributed by atoms with Crippen LogP contribution in [0.3, 0.4) is 0 Å². The molecule has 1 unspecified atom stereocenters. The Balaban J connectivity index is 1.37. The van der Waals surface area contributed by atoms with Gasteiger partial charge in [0.2, 0.25) is 0 Å². The smallest absolute Gasteiger partial charge is 0.282 e. The van der Waals surface area contributed by atoms with Crippen LogP contribution in [0.4, 0.5) is 17.3 Å². The Bertz CT molecular complexity index is 2270. The highest BCUT2D eigenvalue weighted by atomic mass is 32.2. The Kier molecular flexibility index (Phi) is 8.26. The molecule has 1 atom stereocenters. The summed E-state index contributed by atoms with van der Waals surface area (Å²) in [7, 11) is -1.19. The van der Waals surface area contributed by atoms with E-state index in [1.165, 1.54) is 38.7 Å². The average molecular weight is 653 g/mol. The summed E-state index contributed by atoms with van der Waals surface area (Å²) in [4.78, 5) is 22.4. The summed E-state index contributed by atoms with van der Waals surface area (Å²) in [6.45, 7) is 3.73. The number of methoxy groups -OCH3 is 2. The lowest BCUT2D eigenvalue weighted by Crippen LogP contribution is -2.29. The fourth-order valence-electron chi connectivity index (χ4n) is 5.35. The monoisotopic (exact) mass is 652 g/mol. The van der Waals surface area contributed by atoms with Gasteiger partial charge in [-0.2, -0.15) is 5.10 Å². The Morgan fingerprint density at radius 2 is 1.72 bits per heavy atom. The number of para-hydroxylation sites is 1. The molecule has 0 saturated carbocycles. The molecule has 13 nitrogen and oxygen atoms in total. The molecule has 47 heavy (non-hydrogen) atoms. The van der Waals surface area contributed by atoms with E-state index in [9.17, 15) is 13.2 Å². The molecular formula is C33H32N8O5S. The van der Waals surface area contributed by atoms with Crippen LogP contribution in [0.2, 0.25) is 0 Å². The molecule has 0 aliphatic rings. The Morgan fingerprint density at radius 1 is 0.936 bits per heavy atom. The fourth-order valence-corrected chi connectivity index (χ4v) is 6.55. The molecule has 0 bridgehead atoms. The van der Waals surface area contributed by atoms with E-state index in [-0.39, 0.29) is 27.7 Å². The Hall–Kier alpha value is -5.89. The van der Waals surface area contributed by atoms with Crippen LogP contribution < -0.4 is 30.8 Å². The zero-order valence-corrected chi connectivity index (χ0v) is 26.8. The molecule has 0 aliphatic carbocycles. The first-order chi connectivity index (χ1) is 22.6. The van der Waals surface area contributed by atoms with Crippen LogP contribution >= 0.6 is 0 Å². The molecule has 0 aliphatic heterocycles. The van der Waals surface area contributed by atoms with E-state index in [0.717, 1.165) is 5.56 Å². The van der Waals surface area contributed by atoms with Crippen molar-refractivity contribution >= 4 is 32.9 Å². The average Bonchev–Trinajstić information content (AvgIpc) is 3.45. The minimum absolute atomic E-state index is 0.0586. The third-order valence-electron chi connectivity index (χ3n) is 7.61. The predicted octanol–water partition coefficient (Wildman–Crippen LogP) is 4.82. The van der Waals surface area contributed by atoms with Gasteiger partial charge in [0.25, 0.3) is 15.6 Å². The van der Waals surface area contributed by atoms with E-state index in [1.54, 1.807) is 39.5 Å². The van der Waals surface area contributed by atoms with Gasteiger partial charge in [-0.25, -0.2) is 22.9 Å². The number of anilines is 3. The van der Waals surface area contributed by atoms with Crippen LogP contribution in [0.1, 0.15) is 24.4 Å². The Morgan fingerprint density at radius 3 is 2.47 bits per heavy atom. The highest BCUT2D eigenvalue weighted by molar-refractivity contribution is 7.92. The van der Waals surface area contributed by atoms with Crippen LogP contribution in [0.25, 0.3) is 22.3 Å². The van der Waals surface area contributed by atoms with E-state index in [2.05, 4.69) is 20.0 Å². The SMILES string of the molecule is COc1ccc(S(=O)(=O)Nc2cccc(-c3c(N)ncnc3NC(C)c3nn4ccc(C)c4c(=O)n3-c3ccccc3)c2)c(OC)c1. The predicted molar refractivity (Wildman–Crippen MR) is 180 cm³/mol. The molecule has 3 aromatic carbocycles. The second kappa shape index (κ2) is 12.5. The lowest BCUT2D eigenvalue weighted by Gasteiger charge is -2.21. The molecule has 240 valence electrons. The number of nitrogens with zero attached hydrogens (tertiary/aromatic N) is 5.